The molecule has 0 saturated heterocycles. The van der Waals surface area contributed by atoms with Gasteiger partial charge in [0.25, 0.3) is 0 Å². The summed E-state index contributed by atoms with van der Waals surface area (Å²) in [5, 5.41) is 9.68. The van der Waals surface area contributed by atoms with Crippen LogP contribution in [-0.4, -0.2) is 16.8 Å². The third-order valence-electron chi connectivity index (χ3n) is 7.06. The zero-order chi connectivity index (χ0) is 26.1. The van der Waals surface area contributed by atoms with Gasteiger partial charge in [0.1, 0.15) is 11.4 Å². The fourth-order valence-electron chi connectivity index (χ4n) is 5.39. The number of halogens is 2. The molecule has 3 nitrogen and oxygen atoms in total. The van der Waals surface area contributed by atoms with E-state index < -0.39 is 5.54 Å². The van der Waals surface area contributed by atoms with Crippen molar-refractivity contribution in [1.29, 1.82) is 0 Å². The predicted octanol–water partition coefficient (Wildman–Crippen LogP) is 8.38. The minimum absolute atomic E-state index is 0.359. The van der Waals surface area contributed by atoms with Crippen LogP contribution < -0.4 is 5.32 Å². The number of rotatable bonds is 6. The number of hydrogen-bond acceptors (Lipinski definition) is 2. The van der Waals surface area contributed by atoms with E-state index in [9.17, 15) is 4.39 Å². The number of benzene rings is 5. The summed E-state index contributed by atoms with van der Waals surface area (Å²) in [7, 11) is 1.85. The van der Waals surface area contributed by atoms with Crippen molar-refractivity contribution in [2.45, 2.75) is 5.54 Å². The van der Waals surface area contributed by atoms with E-state index in [-0.39, 0.29) is 5.82 Å². The van der Waals surface area contributed by atoms with Gasteiger partial charge in [-0.1, -0.05) is 115 Å². The Morgan fingerprint density at radius 3 is 1.76 bits per heavy atom. The highest BCUT2D eigenvalue weighted by molar-refractivity contribution is 6.33. The van der Waals surface area contributed by atoms with Gasteiger partial charge < -0.3 is 5.32 Å². The lowest BCUT2D eigenvalue weighted by Gasteiger charge is -2.37. The van der Waals surface area contributed by atoms with E-state index in [0.717, 1.165) is 27.6 Å². The third-order valence-corrected chi connectivity index (χ3v) is 7.38. The van der Waals surface area contributed by atoms with Crippen LogP contribution in [0.2, 0.25) is 5.02 Å². The number of nitrogens with one attached hydrogen (secondary N) is 1. The maximum absolute atomic E-state index is 14.9. The lowest BCUT2D eigenvalue weighted by Crippen LogP contribution is -2.38. The van der Waals surface area contributed by atoms with Crippen molar-refractivity contribution >= 4 is 28.3 Å². The molecule has 0 aliphatic carbocycles. The molecule has 0 unspecified atom stereocenters. The first-order chi connectivity index (χ1) is 18.6. The maximum Gasteiger partial charge on any atom is 0.155 e. The monoisotopic (exact) mass is 517 g/mol. The van der Waals surface area contributed by atoms with Gasteiger partial charge >= 0.3 is 0 Å². The first-order valence-electron chi connectivity index (χ1n) is 12.5. The lowest BCUT2D eigenvalue weighted by molar-refractivity contribution is 0.477. The summed E-state index contributed by atoms with van der Waals surface area (Å²) in [6.45, 7) is 0. The van der Waals surface area contributed by atoms with Crippen molar-refractivity contribution in [2.75, 3.05) is 12.4 Å². The van der Waals surface area contributed by atoms with E-state index in [4.69, 9.17) is 16.7 Å². The Morgan fingerprint density at radius 2 is 1.26 bits per heavy atom. The number of anilines is 1. The van der Waals surface area contributed by atoms with Crippen LogP contribution in [0.3, 0.4) is 0 Å². The summed E-state index contributed by atoms with van der Waals surface area (Å²) < 4.78 is 16.9. The second-order valence-corrected chi connectivity index (χ2v) is 9.55. The molecule has 0 radical (unpaired) electrons. The van der Waals surface area contributed by atoms with Crippen LogP contribution in [0.15, 0.2) is 127 Å². The maximum atomic E-state index is 14.9. The van der Waals surface area contributed by atoms with Gasteiger partial charge in [0.2, 0.25) is 0 Å². The van der Waals surface area contributed by atoms with E-state index in [0.29, 0.717) is 22.0 Å². The summed E-state index contributed by atoms with van der Waals surface area (Å²) in [5.41, 5.74) is 4.44. The van der Waals surface area contributed by atoms with E-state index in [1.54, 1.807) is 12.1 Å². The van der Waals surface area contributed by atoms with Crippen molar-refractivity contribution in [1.82, 2.24) is 9.78 Å². The first kappa shape index (κ1) is 24.0. The van der Waals surface area contributed by atoms with Crippen LogP contribution in [0.4, 0.5) is 10.2 Å². The normalized spacial score (nSPS) is 11.6. The van der Waals surface area contributed by atoms with Crippen molar-refractivity contribution in [3.63, 3.8) is 0 Å². The molecule has 1 aromatic heterocycles. The molecule has 0 atom stereocenters. The summed E-state index contributed by atoms with van der Waals surface area (Å²) in [6.07, 6.45) is 0. The fourth-order valence-corrected chi connectivity index (χ4v) is 5.66. The smallest absolute Gasteiger partial charge is 0.155 e. The average Bonchev–Trinajstić information content (AvgIpc) is 3.33. The molecule has 0 bridgehead atoms. The van der Waals surface area contributed by atoms with Crippen molar-refractivity contribution in [2.24, 2.45) is 0 Å². The first-order valence-corrected chi connectivity index (χ1v) is 12.8. The minimum Gasteiger partial charge on any atom is -0.371 e. The molecule has 0 aliphatic heterocycles. The molecule has 0 fully saturated rings. The van der Waals surface area contributed by atoms with Gasteiger partial charge in [0.05, 0.1) is 10.5 Å². The van der Waals surface area contributed by atoms with Crippen LogP contribution in [0.5, 0.6) is 0 Å². The highest BCUT2D eigenvalue weighted by Gasteiger charge is 2.40. The molecule has 1 heterocycles. The lowest BCUT2D eigenvalue weighted by atomic mass is 9.77. The van der Waals surface area contributed by atoms with E-state index in [1.165, 1.54) is 6.07 Å². The number of hydrogen-bond donors (Lipinski definition) is 1. The van der Waals surface area contributed by atoms with Crippen LogP contribution >= 0.6 is 11.6 Å². The molecule has 5 aromatic carbocycles. The highest BCUT2D eigenvalue weighted by atomic mass is 35.5. The van der Waals surface area contributed by atoms with Crippen molar-refractivity contribution < 1.29 is 4.39 Å². The number of fused-ring (bicyclic) bond motifs is 1. The molecule has 1 N–H and O–H groups in total. The zero-order valence-electron chi connectivity index (χ0n) is 20.8. The summed E-state index contributed by atoms with van der Waals surface area (Å²) in [5.74, 6) is 0.337. The Bertz CT molecular complexity index is 1600. The molecular weight excluding hydrogens is 493 g/mol. The molecular formula is C33H25ClFN3. The molecule has 0 spiro atoms. The van der Waals surface area contributed by atoms with Gasteiger partial charge in [-0.05, 0) is 46.5 Å². The molecule has 6 rings (SSSR count). The predicted molar refractivity (Wildman–Crippen MR) is 154 cm³/mol. The van der Waals surface area contributed by atoms with Gasteiger partial charge in [0.15, 0.2) is 5.82 Å². The van der Waals surface area contributed by atoms with Gasteiger partial charge in [0, 0.05) is 18.0 Å². The molecule has 0 saturated carbocycles. The van der Waals surface area contributed by atoms with Crippen molar-refractivity contribution in [3.05, 3.63) is 155 Å². The molecule has 0 amide bonds. The van der Waals surface area contributed by atoms with Crippen LogP contribution in [0, 0.1) is 5.82 Å². The van der Waals surface area contributed by atoms with E-state index in [1.807, 2.05) is 43.4 Å². The molecule has 5 heteroatoms. The molecule has 186 valence electrons. The van der Waals surface area contributed by atoms with Gasteiger partial charge in [-0.3, -0.25) is 0 Å². The van der Waals surface area contributed by atoms with E-state index >= 15 is 0 Å². The van der Waals surface area contributed by atoms with Gasteiger partial charge in [-0.15, -0.1) is 0 Å². The Morgan fingerprint density at radius 1 is 0.711 bits per heavy atom. The largest absolute Gasteiger partial charge is 0.371 e. The molecule has 38 heavy (non-hydrogen) atoms. The SMILES string of the molecule is CNc1nn(C(c2ccccc2)(c2ccccc2)c2ccccc2)c2ccc(-c3c(F)cccc3Cl)cc12. The van der Waals surface area contributed by atoms with Crippen LogP contribution in [0.25, 0.3) is 22.0 Å². The Labute approximate surface area is 226 Å². The van der Waals surface area contributed by atoms with Gasteiger partial charge in [-0.25, -0.2) is 9.07 Å². The zero-order valence-corrected chi connectivity index (χ0v) is 21.5. The summed E-state index contributed by atoms with van der Waals surface area (Å²) in [6, 6.07) is 41.9. The number of aromatic nitrogens is 2. The molecule has 0 aliphatic rings. The highest BCUT2D eigenvalue weighted by Crippen LogP contribution is 2.44. The quantitative estimate of drug-likeness (QED) is 0.225. The summed E-state index contributed by atoms with van der Waals surface area (Å²) in [4.78, 5) is 0. The Hall–Kier alpha value is -4.41. The number of nitrogens with zero attached hydrogens (tertiary/aromatic N) is 2. The third kappa shape index (κ3) is 3.77. The average molecular weight is 518 g/mol. The second kappa shape index (κ2) is 9.81. The van der Waals surface area contributed by atoms with Gasteiger partial charge in [-0.2, -0.15) is 5.10 Å². The van der Waals surface area contributed by atoms with E-state index in [2.05, 4.69) is 82.8 Å². The van der Waals surface area contributed by atoms with Crippen LogP contribution in [0.1, 0.15) is 16.7 Å². The second-order valence-electron chi connectivity index (χ2n) is 9.15. The fraction of sp³-hybridized carbons (Fsp3) is 0.0606. The Kier molecular flexibility index (Phi) is 6.18. The minimum atomic E-state index is -0.770. The Balaban J connectivity index is 1.72. The molecule has 6 aromatic rings. The standard InChI is InChI=1S/C33H25ClFN3/c1-36-32-27-22-23(31-28(34)18-11-19-29(31)35)20-21-30(27)38(37-32)33(24-12-5-2-6-13-24,25-14-7-3-8-15-25)26-16-9-4-10-17-26/h2-22H,1H3,(H,36,37). The van der Waals surface area contributed by atoms with Crippen LogP contribution in [-0.2, 0) is 5.54 Å². The van der Waals surface area contributed by atoms with Crippen molar-refractivity contribution in [3.8, 4) is 11.1 Å². The summed E-state index contributed by atoms with van der Waals surface area (Å²) >= 11 is 6.43. The topological polar surface area (TPSA) is 29.9 Å².